The second-order valence-electron chi connectivity index (χ2n) is 4.68. The van der Waals surface area contributed by atoms with E-state index in [2.05, 4.69) is 10.4 Å². The number of amides is 1. The third kappa shape index (κ3) is 3.31. The maximum absolute atomic E-state index is 12.3. The number of carbonyl (C=O) groups excluding carboxylic acids is 1. The Kier molecular flexibility index (Phi) is 4.75. The van der Waals surface area contributed by atoms with Gasteiger partial charge >= 0.3 is 0 Å². The zero-order valence-electron chi connectivity index (χ0n) is 11.9. The molecule has 0 bridgehead atoms. The van der Waals surface area contributed by atoms with Gasteiger partial charge in [0.15, 0.2) is 5.75 Å². The summed E-state index contributed by atoms with van der Waals surface area (Å²) in [6.45, 7) is 3.95. The van der Waals surface area contributed by atoms with Crippen LogP contribution >= 0.6 is 23.2 Å². The van der Waals surface area contributed by atoms with Crippen LogP contribution in [0.3, 0.4) is 0 Å². The van der Waals surface area contributed by atoms with Crippen LogP contribution < -0.4 is 10.1 Å². The number of ether oxygens (including phenoxy) is 1. The normalized spacial score (nSPS) is 10.8. The van der Waals surface area contributed by atoms with Gasteiger partial charge in [-0.05, 0) is 26.0 Å². The summed E-state index contributed by atoms with van der Waals surface area (Å²) in [4.78, 5) is 12.3. The third-order valence-electron chi connectivity index (χ3n) is 2.87. The summed E-state index contributed by atoms with van der Waals surface area (Å²) in [6, 6.07) is 4.89. The molecule has 0 aliphatic carbocycles. The average molecular weight is 328 g/mol. The number of hydrogen-bond donors (Lipinski definition) is 1. The number of carbonyl (C=O) groups is 1. The Morgan fingerprint density at radius 2 is 1.95 bits per heavy atom. The Bertz CT molecular complexity index is 645. The summed E-state index contributed by atoms with van der Waals surface area (Å²) in [6.07, 6.45) is 1.63. The molecule has 0 fully saturated rings. The monoisotopic (exact) mass is 327 g/mol. The molecule has 0 unspecified atom stereocenters. The quantitative estimate of drug-likeness (QED) is 0.922. The van der Waals surface area contributed by atoms with Gasteiger partial charge < -0.3 is 10.1 Å². The number of benzene rings is 1. The highest BCUT2D eigenvalue weighted by molar-refractivity contribution is 6.37. The van der Waals surface area contributed by atoms with Crippen LogP contribution in [0, 0.1) is 0 Å². The van der Waals surface area contributed by atoms with Crippen molar-refractivity contribution >= 4 is 34.9 Å². The van der Waals surface area contributed by atoms with E-state index in [1.54, 1.807) is 16.9 Å². The number of hydrogen-bond acceptors (Lipinski definition) is 3. The van der Waals surface area contributed by atoms with Crippen molar-refractivity contribution in [2.45, 2.75) is 19.9 Å². The van der Waals surface area contributed by atoms with Crippen molar-refractivity contribution in [1.29, 1.82) is 0 Å². The van der Waals surface area contributed by atoms with Gasteiger partial charge in [-0.2, -0.15) is 5.10 Å². The van der Waals surface area contributed by atoms with E-state index in [0.29, 0.717) is 17.1 Å². The molecular weight excluding hydrogens is 313 g/mol. The SMILES string of the molecule is COc1c(Cl)cc(C(=O)Nc2ccnn2C(C)C)cc1Cl. The van der Waals surface area contributed by atoms with E-state index in [1.807, 2.05) is 13.8 Å². The predicted molar refractivity (Wildman–Crippen MR) is 83.6 cm³/mol. The second-order valence-corrected chi connectivity index (χ2v) is 5.50. The smallest absolute Gasteiger partial charge is 0.256 e. The lowest BCUT2D eigenvalue weighted by atomic mass is 10.2. The van der Waals surface area contributed by atoms with Crippen molar-refractivity contribution in [2.24, 2.45) is 0 Å². The number of methoxy groups -OCH3 is 1. The van der Waals surface area contributed by atoms with E-state index in [0.717, 1.165) is 0 Å². The second kappa shape index (κ2) is 6.37. The lowest BCUT2D eigenvalue weighted by Gasteiger charge is -2.13. The summed E-state index contributed by atoms with van der Waals surface area (Å²) in [5.74, 6) is 0.643. The highest BCUT2D eigenvalue weighted by atomic mass is 35.5. The molecule has 7 heteroatoms. The number of aromatic nitrogens is 2. The van der Waals surface area contributed by atoms with Gasteiger partial charge in [-0.3, -0.25) is 4.79 Å². The minimum Gasteiger partial charge on any atom is -0.494 e. The Morgan fingerprint density at radius 1 is 1.33 bits per heavy atom. The van der Waals surface area contributed by atoms with Crippen LogP contribution in [0.25, 0.3) is 0 Å². The van der Waals surface area contributed by atoms with Gasteiger partial charge in [0.25, 0.3) is 5.91 Å². The number of rotatable bonds is 4. The number of halogens is 2. The Labute approximate surface area is 132 Å². The molecule has 1 aromatic carbocycles. The number of anilines is 1. The minimum atomic E-state index is -0.316. The van der Waals surface area contributed by atoms with Gasteiger partial charge in [0.05, 0.1) is 23.4 Å². The van der Waals surface area contributed by atoms with Crippen molar-refractivity contribution in [2.75, 3.05) is 12.4 Å². The first-order valence-electron chi connectivity index (χ1n) is 6.32. The Balaban J connectivity index is 2.27. The molecule has 1 heterocycles. The average Bonchev–Trinajstić information content (AvgIpc) is 2.86. The fourth-order valence-corrected chi connectivity index (χ4v) is 2.54. The molecule has 0 radical (unpaired) electrons. The lowest BCUT2D eigenvalue weighted by molar-refractivity contribution is 0.102. The molecule has 112 valence electrons. The lowest BCUT2D eigenvalue weighted by Crippen LogP contribution is -2.16. The highest BCUT2D eigenvalue weighted by Gasteiger charge is 2.15. The standard InChI is InChI=1S/C14H15Cl2N3O2/c1-8(2)19-12(4-5-17-19)18-14(20)9-6-10(15)13(21-3)11(16)7-9/h4-8H,1-3H3,(H,18,20). The molecule has 0 saturated heterocycles. The largest absolute Gasteiger partial charge is 0.494 e. The first-order valence-corrected chi connectivity index (χ1v) is 7.07. The summed E-state index contributed by atoms with van der Waals surface area (Å²) < 4.78 is 6.77. The van der Waals surface area contributed by atoms with Crippen LogP contribution in [-0.4, -0.2) is 22.8 Å². The van der Waals surface area contributed by atoms with Gasteiger partial charge in [0.2, 0.25) is 0 Å². The van der Waals surface area contributed by atoms with E-state index in [9.17, 15) is 4.79 Å². The Morgan fingerprint density at radius 3 is 2.48 bits per heavy atom. The molecule has 1 N–H and O–H groups in total. The molecule has 2 aromatic rings. The van der Waals surface area contributed by atoms with E-state index in [1.165, 1.54) is 19.2 Å². The van der Waals surface area contributed by atoms with Crippen molar-refractivity contribution in [1.82, 2.24) is 9.78 Å². The minimum absolute atomic E-state index is 0.137. The van der Waals surface area contributed by atoms with Crippen LogP contribution in [0.1, 0.15) is 30.2 Å². The molecule has 2 rings (SSSR count). The van der Waals surface area contributed by atoms with E-state index >= 15 is 0 Å². The topological polar surface area (TPSA) is 56.1 Å². The van der Waals surface area contributed by atoms with Gasteiger partial charge in [-0.15, -0.1) is 0 Å². The number of nitrogens with one attached hydrogen (secondary N) is 1. The van der Waals surface area contributed by atoms with E-state index in [4.69, 9.17) is 27.9 Å². The predicted octanol–water partition coefficient (Wildman–Crippen LogP) is 4.03. The van der Waals surface area contributed by atoms with Gasteiger partial charge in [0.1, 0.15) is 5.82 Å². The van der Waals surface area contributed by atoms with Crippen LogP contribution in [0.2, 0.25) is 10.0 Å². The third-order valence-corrected chi connectivity index (χ3v) is 3.43. The van der Waals surface area contributed by atoms with Gasteiger partial charge in [0, 0.05) is 17.7 Å². The van der Waals surface area contributed by atoms with Crippen LogP contribution in [0.5, 0.6) is 5.75 Å². The maximum Gasteiger partial charge on any atom is 0.256 e. The van der Waals surface area contributed by atoms with Gasteiger partial charge in [-0.1, -0.05) is 23.2 Å². The van der Waals surface area contributed by atoms with Crippen molar-refractivity contribution in [3.8, 4) is 5.75 Å². The molecule has 0 aliphatic heterocycles. The zero-order chi connectivity index (χ0) is 15.6. The summed E-state index contributed by atoms with van der Waals surface area (Å²) in [7, 11) is 1.47. The van der Waals surface area contributed by atoms with Crippen molar-refractivity contribution < 1.29 is 9.53 Å². The Hall–Kier alpha value is -1.72. The maximum atomic E-state index is 12.3. The molecule has 5 nitrogen and oxygen atoms in total. The molecule has 1 aromatic heterocycles. The summed E-state index contributed by atoms with van der Waals surface area (Å²) in [5, 5.41) is 7.51. The van der Waals surface area contributed by atoms with E-state index < -0.39 is 0 Å². The molecular formula is C14H15Cl2N3O2. The van der Waals surface area contributed by atoms with Crippen molar-refractivity contribution in [3.05, 3.63) is 40.0 Å². The number of nitrogens with zero attached hydrogens (tertiary/aromatic N) is 2. The molecule has 0 atom stereocenters. The van der Waals surface area contributed by atoms with Crippen LogP contribution in [-0.2, 0) is 0 Å². The van der Waals surface area contributed by atoms with Crippen LogP contribution in [0.4, 0.5) is 5.82 Å². The molecule has 0 spiro atoms. The molecule has 0 saturated carbocycles. The first kappa shape index (κ1) is 15.7. The van der Waals surface area contributed by atoms with E-state index in [-0.39, 0.29) is 22.0 Å². The summed E-state index contributed by atoms with van der Waals surface area (Å²) in [5.41, 5.74) is 0.349. The molecule has 21 heavy (non-hydrogen) atoms. The zero-order valence-corrected chi connectivity index (χ0v) is 13.4. The molecule has 1 amide bonds. The first-order chi connectivity index (χ1) is 9.93. The fourth-order valence-electron chi connectivity index (χ4n) is 1.90. The molecule has 0 aliphatic rings. The summed E-state index contributed by atoms with van der Waals surface area (Å²) >= 11 is 12.1. The van der Waals surface area contributed by atoms with Crippen LogP contribution in [0.15, 0.2) is 24.4 Å². The van der Waals surface area contributed by atoms with Gasteiger partial charge in [-0.25, -0.2) is 4.68 Å². The van der Waals surface area contributed by atoms with Crippen molar-refractivity contribution in [3.63, 3.8) is 0 Å². The highest BCUT2D eigenvalue weighted by Crippen LogP contribution is 2.34. The fraction of sp³-hybridized carbons (Fsp3) is 0.286.